The third-order valence-electron chi connectivity index (χ3n) is 8.66. The first-order valence-electron chi connectivity index (χ1n) is 17.2. The second-order valence-corrected chi connectivity index (χ2v) is 13.5. The molecule has 1 aliphatic rings. The van der Waals surface area contributed by atoms with E-state index < -0.39 is 5.60 Å². The number of ether oxygens (including phenoxy) is 6. The summed E-state index contributed by atoms with van der Waals surface area (Å²) in [5.74, 6) is 1.72. The first kappa shape index (κ1) is 36.2. The number of para-hydroxylation sites is 1. The van der Waals surface area contributed by atoms with Crippen LogP contribution in [-0.2, 0) is 25.6 Å². The molecule has 4 aromatic rings. The van der Waals surface area contributed by atoms with Gasteiger partial charge in [-0.25, -0.2) is 4.79 Å². The maximum atomic E-state index is 13.2. The summed E-state index contributed by atoms with van der Waals surface area (Å²) in [6, 6.07) is 22.4. The average Bonchev–Trinajstić information content (AvgIpc) is 3.57. The lowest BCUT2D eigenvalue weighted by Crippen LogP contribution is -2.48. The summed E-state index contributed by atoms with van der Waals surface area (Å²) in [7, 11) is 3.38. The summed E-state index contributed by atoms with van der Waals surface area (Å²) < 4.78 is 35.5. The van der Waals surface area contributed by atoms with Gasteiger partial charge in [-0.1, -0.05) is 42.5 Å². The lowest BCUT2D eigenvalue weighted by atomic mass is 9.86. The number of carbonyl (C=O) groups is 1. The number of aromatic amines is 1. The average molecular weight is 674 g/mol. The smallest absolute Gasteiger partial charge is 0.410 e. The molecule has 0 bridgehead atoms. The Morgan fingerprint density at radius 1 is 1.00 bits per heavy atom. The summed E-state index contributed by atoms with van der Waals surface area (Å²) in [6.07, 6.45) is 4.19. The van der Waals surface area contributed by atoms with Crippen LogP contribution >= 0.6 is 0 Å². The highest BCUT2D eigenvalue weighted by molar-refractivity contribution is 5.78. The van der Waals surface area contributed by atoms with Crippen molar-refractivity contribution in [2.24, 2.45) is 0 Å². The minimum absolute atomic E-state index is 0.0805. The van der Waals surface area contributed by atoms with Crippen LogP contribution in [0.25, 0.3) is 10.9 Å². The summed E-state index contributed by atoms with van der Waals surface area (Å²) in [5, 5.41) is 8.33. The van der Waals surface area contributed by atoms with E-state index in [-0.39, 0.29) is 24.2 Å². The monoisotopic (exact) mass is 673 g/mol. The molecular formula is C39H51N3O7. The van der Waals surface area contributed by atoms with E-state index in [1.807, 2.05) is 63.4 Å². The Balaban J connectivity index is 1.24. The van der Waals surface area contributed by atoms with E-state index in [4.69, 9.17) is 28.4 Å². The predicted molar refractivity (Wildman–Crippen MR) is 189 cm³/mol. The van der Waals surface area contributed by atoms with E-state index in [0.29, 0.717) is 39.5 Å². The standard InChI is InChI=1S/C39H51N3O7/c1-39(2,3)49-38(43)42-20-19-33(37(26-42)48-36(12-8-21-44-4)29-13-14-30-25-40-41-34(30)24-29)28-15-17-32(18-16-28)47-23-9-22-46-27-31-10-6-7-11-35(31)45-5/h6-7,10-11,13-18,24-25,33,36-37H,8-9,12,19-23,26-27H2,1-5H3,(H,40,41). The summed E-state index contributed by atoms with van der Waals surface area (Å²) >= 11 is 0. The van der Waals surface area contributed by atoms with Crippen molar-refractivity contribution in [2.75, 3.05) is 47.1 Å². The topological polar surface area (TPSA) is 104 Å². The van der Waals surface area contributed by atoms with Crippen molar-refractivity contribution in [3.05, 3.63) is 89.6 Å². The van der Waals surface area contributed by atoms with Crippen molar-refractivity contribution in [1.29, 1.82) is 0 Å². The van der Waals surface area contributed by atoms with Gasteiger partial charge in [0.1, 0.15) is 17.1 Å². The molecule has 2 heterocycles. The van der Waals surface area contributed by atoms with Crippen LogP contribution in [0.5, 0.6) is 11.5 Å². The molecule has 49 heavy (non-hydrogen) atoms. The molecule has 10 nitrogen and oxygen atoms in total. The number of likely N-dealkylation sites (tertiary alicyclic amines) is 1. The van der Waals surface area contributed by atoms with Gasteiger partial charge >= 0.3 is 6.09 Å². The molecule has 5 rings (SSSR count). The number of hydrogen-bond donors (Lipinski definition) is 1. The van der Waals surface area contributed by atoms with Crippen molar-refractivity contribution in [3.8, 4) is 11.5 Å². The Kier molecular flexibility index (Phi) is 12.9. The van der Waals surface area contributed by atoms with Crippen molar-refractivity contribution < 1.29 is 33.2 Å². The number of hydrogen-bond acceptors (Lipinski definition) is 8. The van der Waals surface area contributed by atoms with Crippen molar-refractivity contribution in [1.82, 2.24) is 15.1 Å². The Morgan fingerprint density at radius 2 is 1.82 bits per heavy atom. The van der Waals surface area contributed by atoms with E-state index in [0.717, 1.165) is 64.8 Å². The largest absolute Gasteiger partial charge is 0.496 e. The zero-order valence-corrected chi connectivity index (χ0v) is 29.5. The number of nitrogens with zero attached hydrogens (tertiary/aromatic N) is 2. The zero-order chi connectivity index (χ0) is 34.6. The minimum atomic E-state index is -0.580. The van der Waals surface area contributed by atoms with Gasteiger partial charge in [-0.15, -0.1) is 0 Å². The number of fused-ring (bicyclic) bond motifs is 1. The normalized spacial score (nSPS) is 17.2. The van der Waals surface area contributed by atoms with Gasteiger partial charge in [-0.05, 0) is 75.4 Å². The number of carbonyl (C=O) groups excluding carboxylic acids is 1. The van der Waals surface area contributed by atoms with Crippen LogP contribution in [0.4, 0.5) is 4.79 Å². The summed E-state index contributed by atoms with van der Waals surface area (Å²) in [5.41, 5.74) is 3.63. The van der Waals surface area contributed by atoms with Gasteiger partial charge in [0.2, 0.25) is 0 Å². The Hall–Kier alpha value is -4.12. The molecule has 3 aromatic carbocycles. The molecule has 1 fully saturated rings. The Labute approximate surface area is 290 Å². The fraction of sp³-hybridized carbons (Fsp3) is 0.487. The van der Waals surface area contributed by atoms with Crippen LogP contribution in [0.15, 0.2) is 72.9 Å². The molecule has 1 aliphatic heterocycles. The maximum Gasteiger partial charge on any atom is 0.410 e. The van der Waals surface area contributed by atoms with Gasteiger partial charge < -0.3 is 33.3 Å². The number of amides is 1. The fourth-order valence-electron chi connectivity index (χ4n) is 6.19. The molecule has 3 unspecified atom stereocenters. The third kappa shape index (κ3) is 10.4. The molecule has 1 aromatic heterocycles. The van der Waals surface area contributed by atoms with Crippen molar-refractivity contribution >= 4 is 17.0 Å². The van der Waals surface area contributed by atoms with E-state index >= 15 is 0 Å². The van der Waals surface area contributed by atoms with E-state index in [1.54, 1.807) is 19.1 Å². The molecule has 0 saturated carbocycles. The van der Waals surface area contributed by atoms with Crippen molar-refractivity contribution in [3.63, 3.8) is 0 Å². The molecule has 0 aliphatic carbocycles. The van der Waals surface area contributed by atoms with Crippen LogP contribution in [-0.4, -0.2) is 80.0 Å². The minimum Gasteiger partial charge on any atom is -0.496 e. The van der Waals surface area contributed by atoms with Gasteiger partial charge in [0.15, 0.2) is 0 Å². The lowest BCUT2D eigenvalue weighted by Gasteiger charge is -2.40. The van der Waals surface area contributed by atoms with Gasteiger partial charge in [0.05, 0.1) is 57.4 Å². The molecule has 0 radical (unpaired) electrons. The Bertz CT molecular complexity index is 1600. The number of aromatic nitrogens is 2. The first-order valence-corrected chi connectivity index (χ1v) is 17.2. The molecule has 3 atom stereocenters. The van der Waals surface area contributed by atoms with E-state index in [9.17, 15) is 4.79 Å². The molecule has 1 saturated heterocycles. The summed E-state index contributed by atoms with van der Waals surface area (Å²) in [6.45, 7) is 8.96. The maximum absolute atomic E-state index is 13.2. The van der Waals surface area contributed by atoms with Crippen LogP contribution in [0, 0.1) is 0 Å². The quantitative estimate of drug-likeness (QED) is 0.120. The molecular weight excluding hydrogens is 622 g/mol. The number of piperidine rings is 1. The lowest BCUT2D eigenvalue weighted by molar-refractivity contribution is -0.0691. The number of H-pyrrole nitrogens is 1. The second-order valence-electron chi connectivity index (χ2n) is 13.5. The highest BCUT2D eigenvalue weighted by atomic mass is 16.6. The van der Waals surface area contributed by atoms with Crippen molar-refractivity contribution in [2.45, 2.75) is 76.8 Å². The second kappa shape index (κ2) is 17.5. The predicted octanol–water partition coefficient (Wildman–Crippen LogP) is 7.83. The highest BCUT2D eigenvalue weighted by Gasteiger charge is 2.36. The van der Waals surface area contributed by atoms with Gasteiger partial charge in [0.25, 0.3) is 0 Å². The van der Waals surface area contributed by atoms with Gasteiger partial charge in [-0.3, -0.25) is 5.10 Å². The molecule has 0 spiro atoms. The zero-order valence-electron chi connectivity index (χ0n) is 29.5. The molecule has 1 amide bonds. The van der Waals surface area contributed by atoms with E-state index in [2.05, 4.69) is 40.5 Å². The van der Waals surface area contributed by atoms with Crippen LogP contribution in [0.1, 0.15) is 75.2 Å². The fourth-order valence-corrected chi connectivity index (χ4v) is 6.19. The number of benzene rings is 3. The highest BCUT2D eigenvalue weighted by Crippen LogP contribution is 2.37. The Morgan fingerprint density at radius 3 is 2.59 bits per heavy atom. The van der Waals surface area contributed by atoms with Crippen LogP contribution in [0.3, 0.4) is 0 Å². The molecule has 1 N–H and O–H groups in total. The van der Waals surface area contributed by atoms with Gasteiger partial charge in [-0.2, -0.15) is 5.10 Å². The number of nitrogens with one attached hydrogen (secondary N) is 1. The summed E-state index contributed by atoms with van der Waals surface area (Å²) in [4.78, 5) is 15.0. The number of rotatable bonds is 16. The molecule has 10 heteroatoms. The molecule has 264 valence electrons. The first-order chi connectivity index (χ1) is 23.7. The van der Waals surface area contributed by atoms with Crippen LogP contribution in [0.2, 0.25) is 0 Å². The number of methoxy groups -OCH3 is 2. The SMILES string of the molecule is COCCCC(OC1CN(C(=O)OC(C)(C)C)CCC1c1ccc(OCCCOCc2ccccc2OC)cc1)c1ccc2cn[nH]c2c1. The third-order valence-corrected chi connectivity index (χ3v) is 8.66. The van der Waals surface area contributed by atoms with Crippen LogP contribution < -0.4 is 9.47 Å². The van der Waals surface area contributed by atoms with E-state index in [1.165, 1.54) is 0 Å². The van der Waals surface area contributed by atoms with Gasteiger partial charge in [0, 0.05) is 43.5 Å².